The molecular weight excluding hydrogens is 386 g/mol. The van der Waals surface area contributed by atoms with Crippen molar-refractivity contribution in [2.45, 2.75) is 11.8 Å². The number of fused-ring (bicyclic) bond motifs is 13. The minimum Gasteiger partial charge on any atom is -0.256 e. The first-order valence-corrected chi connectivity index (χ1v) is 11.3. The lowest BCUT2D eigenvalue weighted by Gasteiger charge is -2.30. The van der Waals surface area contributed by atoms with E-state index in [1.54, 1.807) is 0 Å². The van der Waals surface area contributed by atoms with E-state index < -0.39 is 0 Å². The number of pyridine rings is 1. The van der Waals surface area contributed by atoms with E-state index in [-0.39, 0.29) is 5.41 Å². The van der Waals surface area contributed by atoms with Gasteiger partial charge in [-0.05, 0) is 74.2 Å². The Morgan fingerprint density at radius 2 is 1.19 bits per heavy atom. The predicted molar refractivity (Wildman–Crippen MR) is 129 cm³/mol. The summed E-state index contributed by atoms with van der Waals surface area (Å²) in [4.78, 5) is 4.87. The normalized spacial score (nSPS) is 18.0. The van der Waals surface area contributed by atoms with Crippen molar-refractivity contribution in [3.8, 4) is 33.5 Å². The van der Waals surface area contributed by atoms with Crippen molar-refractivity contribution in [1.82, 2.24) is 4.98 Å². The van der Waals surface area contributed by atoms with Crippen molar-refractivity contribution in [2.24, 2.45) is 0 Å². The highest BCUT2D eigenvalue weighted by atomic mass is 14.7. The van der Waals surface area contributed by atoms with E-state index in [2.05, 4.69) is 97.1 Å². The lowest BCUT2D eigenvalue weighted by molar-refractivity contribution is 0.790. The van der Waals surface area contributed by atoms with Crippen LogP contribution in [-0.4, -0.2) is 4.98 Å². The number of benzene rings is 4. The summed E-state index contributed by atoms with van der Waals surface area (Å²) in [5.41, 5.74) is 15.9. The number of aromatic nitrogens is 1. The number of hydrogen-bond donors (Lipinski definition) is 0. The van der Waals surface area contributed by atoms with E-state index in [4.69, 9.17) is 4.98 Å². The smallest absolute Gasteiger partial charge is 0.0753 e. The van der Waals surface area contributed by atoms with Gasteiger partial charge in [0, 0.05) is 11.8 Å². The van der Waals surface area contributed by atoms with Gasteiger partial charge in [0.2, 0.25) is 0 Å². The molecule has 0 N–H and O–H groups in total. The molecule has 148 valence electrons. The SMILES string of the molecule is c1ccc2c(c1)Cc1cc3c(cc1-2)-c1ccccc1C31c2ccccc2-c2ncccc21. The van der Waals surface area contributed by atoms with Crippen molar-refractivity contribution < 1.29 is 0 Å². The third-order valence-electron chi connectivity index (χ3n) is 7.75. The molecule has 0 aliphatic heterocycles. The van der Waals surface area contributed by atoms with Crippen LogP contribution >= 0.6 is 0 Å². The molecule has 0 bridgehead atoms. The molecule has 8 rings (SSSR count). The second-order valence-corrected chi connectivity index (χ2v) is 9.13. The first kappa shape index (κ1) is 16.7. The van der Waals surface area contributed by atoms with Crippen molar-refractivity contribution in [3.05, 3.63) is 137 Å². The van der Waals surface area contributed by atoms with Gasteiger partial charge in [0.1, 0.15) is 0 Å². The third-order valence-corrected chi connectivity index (χ3v) is 7.75. The zero-order valence-electron chi connectivity index (χ0n) is 17.5. The minimum atomic E-state index is -0.296. The van der Waals surface area contributed by atoms with Crippen LogP contribution in [0.25, 0.3) is 33.5 Å². The summed E-state index contributed by atoms with van der Waals surface area (Å²) in [7, 11) is 0. The van der Waals surface area contributed by atoms with E-state index in [1.165, 1.54) is 61.2 Å². The van der Waals surface area contributed by atoms with Crippen LogP contribution in [0.15, 0.2) is 103 Å². The van der Waals surface area contributed by atoms with Gasteiger partial charge in [-0.1, -0.05) is 84.9 Å². The predicted octanol–water partition coefficient (Wildman–Crippen LogP) is 7.00. The Bertz CT molecular complexity index is 1560. The van der Waals surface area contributed by atoms with Gasteiger partial charge in [-0.3, -0.25) is 4.98 Å². The van der Waals surface area contributed by atoms with E-state index in [9.17, 15) is 0 Å². The van der Waals surface area contributed by atoms with Gasteiger partial charge in [0.25, 0.3) is 0 Å². The summed E-state index contributed by atoms with van der Waals surface area (Å²) in [6, 6.07) is 36.1. The zero-order valence-corrected chi connectivity index (χ0v) is 17.5. The summed E-state index contributed by atoms with van der Waals surface area (Å²) in [5.74, 6) is 0. The van der Waals surface area contributed by atoms with Crippen LogP contribution in [-0.2, 0) is 11.8 Å². The minimum absolute atomic E-state index is 0.296. The summed E-state index contributed by atoms with van der Waals surface area (Å²) in [6.07, 6.45) is 2.93. The molecule has 0 saturated heterocycles. The highest BCUT2D eigenvalue weighted by Gasteiger charge is 2.52. The van der Waals surface area contributed by atoms with E-state index in [1.807, 2.05) is 6.20 Å². The highest BCUT2D eigenvalue weighted by Crippen LogP contribution is 2.63. The molecule has 5 aromatic rings. The molecule has 1 spiro atoms. The molecular formula is C31H19N. The molecule has 1 aromatic heterocycles. The lowest BCUT2D eigenvalue weighted by atomic mass is 9.70. The average Bonchev–Trinajstić information content (AvgIpc) is 3.46. The topological polar surface area (TPSA) is 12.9 Å². The molecule has 1 unspecified atom stereocenters. The number of nitrogens with zero attached hydrogens (tertiary/aromatic N) is 1. The maximum atomic E-state index is 4.87. The summed E-state index contributed by atoms with van der Waals surface area (Å²) in [5, 5.41) is 0. The second-order valence-electron chi connectivity index (χ2n) is 9.13. The van der Waals surface area contributed by atoms with E-state index in [0.29, 0.717) is 0 Å². The van der Waals surface area contributed by atoms with E-state index >= 15 is 0 Å². The fourth-order valence-corrected chi connectivity index (χ4v) is 6.57. The van der Waals surface area contributed by atoms with Gasteiger partial charge in [0.05, 0.1) is 11.1 Å². The van der Waals surface area contributed by atoms with Gasteiger partial charge in [-0.25, -0.2) is 0 Å². The lowest BCUT2D eigenvalue weighted by Crippen LogP contribution is -2.26. The fourth-order valence-electron chi connectivity index (χ4n) is 6.57. The van der Waals surface area contributed by atoms with Crippen molar-refractivity contribution in [1.29, 1.82) is 0 Å². The van der Waals surface area contributed by atoms with Gasteiger partial charge < -0.3 is 0 Å². The van der Waals surface area contributed by atoms with Crippen LogP contribution in [0.2, 0.25) is 0 Å². The van der Waals surface area contributed by atoms with Crippen LogP contribution < -0.4 is 0 Å². The van der Waals surface area contributed by atoms with Crippen molar-refractivity contribution in [3.63, 3.8) is 0 Å². The number of rotatable bonds is 0. The Balaban J connectivity index is 1.54. The largest absolute Gasteiger partial charge is 0.256 e. The molecule has 3 aliphatic carbocycles. The molecule has 1 heteroatoms. The first-order chi connectivity index (χ1) is 15.9. The quantitative estimate of drug-likeness (QED) is 0.265. The average molecular weight is 406 g/mol. The Labute approximate surface area is 187 Å². The molecule has 1 atom stereocenters. The molecule has 4 aromatic carbocycles. The first-order valence-electron chi connectivity index (χ1n) is 11.3. The molecule has 0 amide bonds. The van der Waals surface area contributed by atoms with Crippen LogP contribution in [0.3, 0.4) is 0 Å². The van der Waals surface area contributed by atoms with Crippen LogP contribution in [0, 0.1) is 0 Å². The Morgan fingerprint density at radius 3 is 2.06 bits per heavy atom. The van der Waals surface area contributed by atoms with Crippen molar-refractivity contribution in [2.75, 3.05) is 0 Å². The highest BCUT2D eigenvalue weighted by molar-refractivity contribution is 5.96. The second kappa shape index (κ2) is 5.63. The molecule has 32 heavy (non-hydrogen) atoms. The zero-order chi connectivity index (χ0) is 20.9. The van der Waals surface area contributed by atoms with Gasteiger partial charge in [-0.15, -0.1) is 0 Å². The maximum Gasteiger partial charge on any atom is 0.0753 e. The Kier molecular flexibility index (Phi) is 2.94. The van der Waals surface area contributed by atoms with Crippen molar-refractivity contribution >= 4 is 0 Å². The summed E-state index contributed by atoms with van der Waals surface area (Å²) in [6.45, 7) is 0. The maximum absolute atomic E-state index is 4.87. The van der Waals surface area contributed by atoms with Crippen LogP contribution in [0.5, 0.6) is 0 Å². The Morgan fingerprint density at radius 1 is 0.500 bits per heavy atom. The molecule has 3 aliphatic rings. The third kappa shape index (κ3) is 1.77. The fraction of sp³-hybridized carbons (Fsp3) is 0.0645. The monoisotopic (exact) mass is 405 g/mol. The number of hydrogen-bond acceptors (Lipinski definition) is 1. The van der Waals surface area contributed by atoms with Gasteiger partial charge >= 0.3 is 0 Å². The van der Waals surface area contributed by atoms with Crippen LogP contribution in [0.1, 0.15) is 33.4 Å². The van der Waals surface area contributed by atoms with Gasteiger partial charge in [-0.2, -0.15) is 0 Å². The molecule has 0 fully saturated rings. The molecule has 0 radical (unpaired) electrons. The van der Waals surface area contributed by atoms with Gasteiger partial charge in [0.15, 0.2) is 0 Å². The molecule has 1 nitrogen and oxygen atoms in total. The summed E-state index contributed by atoms with van der Waals surface area (Å²) < 4.78 is 0. The summed E-state index contributed by atoms with van der Waals surface area (Å²) >= 11 is 0. The van der Waals surface area contributed by atoms with E-state index in [0.717, 1.165) is 12.1 Å². The van der Waals surface area contributed by atoms with Crippen LogP contribution in [0.4, 0.5) is 0 Å². The molecule has 1 heterocycles. The molecule has 0 saturated carbocycles. The standard InChI is InChI=1S/C31H19N/c1-2-9-21-19(8-1)16-20-17-29-25(18-24(20)21)22-10-3-5-12-26(22)31(29)27-13-6-4-11-23(27)30-28(31)14-7-15-32-30/h1-15,17-18H,16H2. The Hall–Kier alpha value is -3.97.